The highest BCUT2D eigenvalue weighted by atomic mass is 16.3. The molecule has 9 aromatic rings. The van der Waals surface area contributed by atoms with Gasteiger partial charge in [-0.05, 0) is 69.0 Å². The maximum atomic E-state index is 9.55. The second-order valence-corrected chi connectivity index (χ2v) is 11.0. The molecule has 0 atom stereocenters. The topological polar surface area (TPSA) is 16.4 Å². The predicted molar refractivity (Wildman–Crippen MR) is 186 cm³/mol. The normalized spacial score (nSPS) is 12.9. The van der Waals surface area contributed by atoms with Gasteiger partial charge in [0.25, 0.3) is 0 Å². The molecule has 2 heteroatoms. The van der Waals surface area contributed by atoms with Crippen molar-refractivity contribution < 1.29 is 9.90 Å². The van der Waals surface area contributed by atoms with Crippen LogP contribution in [0.3, 0.4) is 0 Å². The third kappa shape index (κ3) is 3.82. The van der Waals surface area contributed by atoms with E-state index < -0.39 is 0 Å². The van der Waals surface area contributed by atoms with Gasteiger partial charge in [0.05, 0.1) is 22.2 Å². The van der Waals surface area contributed by atoms with Crippen LogP contribution in [0.2, 0.25) is 0 Å². The molecule has 1 aromatic heterocycles. The molecule has 1 heterocycles. The van der Waals surface area contributed by atoms with E-state index in [0.717, 1.165) is 54.4 Å². The van der Waals surface area contributed by atoms with E-state index in [1.165, 1.54) is 0 Å². The van der Waals surface area contributed by atoms with Crippen LogP contribution in [-0.4, -0.2) is 0 Å². The van der Waals surface area contributed by atoms with Crippen LogP contribution in [0.1, 0.15) is 5.48 Å². The molecule has 0 N–H and O–H groups in total. The smallest absolute Gasteiger partial charge is 0.143 e. The van der Waals surface area contributed by atoms with Crippen molar-refractivity contribution in [1.29, 1.82) is 0 Å². The van der Waals surface area contributed by atoms with Crippen LogP contribution in [-0.2, 0) is 0 Å². The van der Waals surface area contributed by atoms with Crippen LogP contribution in [0.5, 0.6) is 0 Å². The molecule has 0 amide bonds. The van der Waals surface area contributed by atoms with Gasteiger partial charge in [-0.25, -0.2) is 0 Å². The molecule has 0 unspecified atom stereocenters. The highest BCUT2D eigenvalue weighted by Gasteiger charge is 2.21. The van der Waals surface area contributed by atoms with Crippen molar-refractivity contribution in [2.24, 2.45) is 0 Å². The minimum atomic E-state index is -0.123. The molecule has 0 bridgehead atoms. The Kier molecular flexibility index (Phi) is 4.69. The average molecular weight is 566 g/mol. The monoisotopic (exact) mass is 565 g/mol. The van der Waals surface area contributed by atoms with E-state index >= 15 is 0 Å². The summed E-state index contributed by atoms with van der Waals surface area (Å²) in [6.45, 7) is 0. The lowest BCUT2D eigenvalue weighted by molar-refractivity contribution is 0.672. The third-order valence-corrected chi connectivity index (χ3v) is 8.51. The van der Waals surface area contributed by atoms with Gasteiger partial charge in [0.15, 0.2) is 0 Å². The van der Waals surface area contributed by atoms with E-state index in [4.69, 9.17) is 4.42 Å². The first-order chi connectivity index (χ1) is 23.5. The van der Waals surface area contributed by atoms with Crippen molar-refractivity contribution in [3.05, 3.63) is 164 Å². The fourth-order valence-electron chi connectivity index (χ4n) is 6.49. The number of hydrogen-bond acceptors (Lipinski definition) is 2. The quantitative estimate of drug-likeness (QED) is 0.211. The second kappa shape index (κ2) is 9.86. The molecular weight excluding hydrogens is 534 g/mol. The van der Waals surface area contributed by atoms with Gasteiger partial charge >= 0.3 is 0 Å². The zero-order valence-electron chi connectivity index (χ0n) is 27.6. The molecule has 2 nitrogen and oxygen atoms in total. The van der Waals surface area contributed by atoms with Crippen molar-refractivity contribution in [2.75, 3.05) is 4.90 Å². The van der Waals surface area contributed by atoms with Crippen LogP contribution in [0.15, 0.2) is 168 Å². The molecule has 206 valence electrons. The number of benzene rings is 8. The van der Waals surface area contributed by atoms with Gasteiger partial charge in [0.2, 0.25) is 0 Å². The second-order valence-electron chi connectivity index (χ2n) is 11.0. The fraction of sp³-hybridized carbons (Fsp3) is 0. The molecule has 0 saturated heterocycles. The maximum absolute atomic E-state index is 9.55. The highest BCUT2D eigenvalue weighted by Crippen LogP contribution is 2.46. The summed E-state index contributed by atoms with van der Waals surface area (Å²) in [6, 6.07) is 45.3. The molecule has 9 rings (SSSR count). The van der Waals surface area contributed by atoms with Crippen molar-refractivity contribution in [3.8, 4) is 11.1 Å². The van der Waals surface area contributed by atoms with Crippen LogP contribution < -0.4 is 4.90 Å². The minimum absolute atomic E-state index is 0.0946. The SMILES string of the molecule is [2H]c1c([2H])c(N(c2cccc3ccccc23)c2cccc3oc4c5ccccc5ccc4c23)c([2H])c([2H])c1-c1cccc2ccccc12. The molecule has 8 aromatic carbocycles. The number of furan rings is 1. The van der Waals surface area contributed by atoms with E-state index in [9.17, 15) is 5.48 Å². The molecular formula is C42H27NO. The molecule has 0 saturated carbocycles. The van der Waals surface area contributed by atoms with E-state index in [1.54, 1.807) is 0 Å². The summed E-state index contributed by atoms with van der Waals surface area (Å²) in [5, 5.41) is 7.58. The van der Waals surface area contributed by atoms with Crippen LogP contribution in [0.25, 0.3) is 65.4 Å². The summed E-state index contributed by atoms with van der Waals surface area (Å²) >= 11 is 0. The Labute approximate surface area is 260 Å². The summed E-state index contributed by atoms with van der Waals surface area (Å²) in [5.74, 6) is 0. The average Bonchev–Trinajstić information content (AvgIpc) is 3.52. The maximum Gasteiger partial charge on any atom is 0.143 e. The molecule has 44 heavy (non-hydrogen) atoms. The van der Waals surface area contributed by atoms with Gasteiger partial charge in [-0.3, -0.25) is 0 Å². The van der Waals surface area contributed by atoms with Crippen LogP contribution >= 0.6 is 0 Å². The summed E-state index contributed by atoms with van der Waals surface area (Å²) in [4.78, 5) is 1.89. The van der Waals surface area contributed by atoms with Crippen molar-refractivity contribution in [2.45, 2.75) is 0 Å². The van der Waals surface area contributed by atoms with Crippen molar-refractivity contribution in [1.82, 2.24) is 0 Å². The Morgan fingerprint density at radius 1 is 0.455 bits per heavy atom. The lowest BCUT2D eigenvalue weighted by atomic mass is 9.97. The molecule has 0 fully saturated rings. The molecule has 0 radical (unpaired) electrons. The number of rotatable bonds is 4. The van der Waals surface area contributed by atoms with Crippen LogP contribution in [0.4, 0.5) is 17.1 Å². The lowest BCUT2D eigenvalue weighted by Gasteiger charge is -2.27. The Balaban J connectivity index is 1.39. The first-order valence-electron chi connectivity index (χ1n) is 16.7. The zero-order valence-corrected chi connectivity index (χ0v) is 23.6. The zero-order chi connectivity index (χ0) is 32.5. The van der Waals surface area contributed by atoms with E-state index in [-0.39, 0.29) is 35.4 Å². The highest BCUT2D eigenvalue weighted by molar-refractivity contribution is 6.20. The van der Waals surface area contributed by atoms with Gasteiger partial charge in [0.1, 0.15) is 11.2 Å². The Hall–Kier alpha value is -5.86. The summed E-state index contributed by atoms with van der Waals surface area (Å²) in [5.41, 5.74) is 4.01. The van der Waals surface area contributed by atoms with Gasteiger partial charge in [-0.15, -0.1) is 0 Å². The summed E-state index contributed by atoms with van der Waals surface area (Å²) in [7, 11) is 0. The van der Waals surface area contributed by atoms with E-state index in [0.29, 0.717) is 16.8 Å². The number of anilines is 3. The molecule has 0 aliphatic heterocycles. The molecule has 0 aliphatic rings. The van der Waals surface area contributed by atoms with Crippen molar-refractivity contribution in [3.63, 3.8) is 0 Å². The van der Waals surface area contributed by atoms with Gasteiger partial charge < -0.3 is 9.32 Å². The van der Waals surface area contributed by atoms with Gasteiger partial charge in [0, 0.05) is 21.8 Å². The van der Waals surface area contributed by atoms with Gasteiger partial charge in [-0.1, -0.05) is 127 Å². The first-order valence-corrected chi connectivity index (χ1v) is 14.7. The Morgan fingerprint density at radius 3 is 1.84 bits per heavy atom. The third-order valence-electron chi connectivity index (χ3n) is 8.51. The Morgan fingerprint density at radius 2 is 1.05 bits per heavy atom. The summed E-state index contributed by atoms with van der Waals surface area (Å²) in [6.07, 6.45) is 0. The first kappa shape index (κ1) is 20.9. The summed E-state index contributed by atoms with van der Waals surface area (Å²) < 4.78 is 44.4. The predicted octanol–water partition coefficient (Wildman–Crippen LogP) is 12.2. The standard InChI is InChI=1S/C42H27NO/c1-4-15-33-28(10-1)13-7-18-34(33)31-22-25-32(26-23-31)43(38-19-8-14-29-11-2-5-16-35(29)38)39-20-9-21-40-41(39)37-27-24-30-12-3-6-17-36(30)42(37)44-40/h1-27H/i22D,23D,25D,26D. The number of hydrogen-bond donors (Lipinski definition) is 0. The lowest BCUT2D eigenvalue weighted by Crippen LogP contribution is -2.10. The fourth-order valence-corrected chi connectivity index (χ4v) is 6.49. The largest absolute Gasteiger partial charge is 0.455 e. The minimum Gasteiger partial charge on any atom is -0.455 e. The number of nitrogens with zero attached hydrogens (tertiary/aromatic N) is 1. The Bertz CT molecular complexity index is 2710. The van der Waals surface area contributed by atoms with E-state index in [2.05, 4.69) is 24.3 Å². The molecule has 0 aliphatic carbocycles. The van der Waals surface area contributed by atoms with Crippen molar-refractivity contribution >= 4 is 71.3 Å². The van der Waals surface area contributed by atoms with E-state index in [1.807, 2.05) is 120 Å². The molecule has 0 spiro atoms. The van der Waals surface area contributed by atoms with Crippen LogP contribution in [0, 0.1) is 0 Å². The van der Waals surface area contributed by atoms with Gasteiger partial charge in [-0.2, -0.15) is 0 Å². The number of fused-ring (bicyclic) bond motifs is 7.